The lowest BCUT2D eigenvalue weighted by Crippen LogP contribution is -2.24. The number of anilines is 2. The molecule has 2 aromatic rings. The van der Waals surface area contributed by atoms with Gasteiger partial charge in [-0.3, -0.25) is 9.59 Å². The molecule has 25 heavy (non-hydrogen) atoms. The number of ether oxygens (including phenoxy) is 1. The van der Waals surface area contributed by atoms with Gasteiger partial charge >= 0.3 is 0 Å². The van der Waals surface area contributed by atoms with Crippen molar-refractivity contribution >= 4 is 23.2 Å². The highest BCUT2D eigenvalue weighted by Crippen LogP contribution is 2.29. The summed E-state index contributed by atoms with van der Waals surface area (Å²) in [4.78, 5) is 26.4. The van der Waals surface area contributed by atoms with E-state index in [2.05, 4.69) is 5.32 Å². The number of hydrogen-bond acceptors (Lipinski definition) is 3. The molecule has 3 rings (SSSR count). The van der Waals surface area contributed by atoms with E-state index in [-0.39, 0.29) is 11.8 Å². The Morgan fingerprint density at radius 1 is 1.24 bits per heavy atom. The van der Waals surface area contributed by atoms with Crippen LogP contribution >= 0.6 is 0 Å². The summed E-state index contributed by atoms with van der Waals surface area (Å²) in [5.74, 6) is 0.462. The second-order valence-electron chi connectivity index (χ2n) is 6.03. The standard InChI is InChI=1S/C20H22N2O3/c1-3-25-18-8-5-4-7-16(18)20(24)21-15-11-10-14(2)17(13-15)22-12-6-9-19(22)23/h4-5,7-8,10-11,13H,3,6,9,12H2,1-2H3,(H,21,24). The molecule has 1 fully saturated rings. The van der Waals surface area contributed by atoms with Crippen LogP contribution in [0, 0.1) is 6.92 Å². The first kappa shape index (κ1) is 17.0. The van der Waals surface area contributed by atoms with E-state index in [4.69, 9.17) is 4.74 Å². The third kappa shape index (κ3) is 3.65. The van der Waals surface area contributed by atoms with Crippen molar-refractivity contribution in [3.05, 3.63) is 53.6 Å². The Morgan fingerprint density at radius 2 is 2.04 bits per heavy atom. The normalized spacial score (nSPS) is 13.8. The Morgan fingerprint density at radius 3 is 2.76 bits per heavy atom. The fourth-order valence-electron chi connectivity index (χ4n) is 3.01. The van der Waals surface area contributed by atoms with Crippen molar-refractivity contribution in [2.24, 2.45) is 0 Å². The first-order chi connectivity index (χ1) is 12.1. The second-order valence-corrected chi connectivity index (χ2v) is 6.03. The van der Waals surface area contributed by atoms with Gasteiger partial charge in [0.2, 0.25) is 5.91 Å². The van der Waals surface area contributed by atoms with Crippen LogP contribution in [-0.2, 0) is 4.79 Å². The van der Waals surface area contributed by atoms with E-state index in [0.29, 0.717) is 30.0 Å². The first-order valence-electron chi connectivity index (χ1n) is 8.54. The summed E-state index contributed by atoms with van der Waals surface area (Å²) in [6.45, 7) is 5.07. The predicted octanol–water partition coefficient (Wildman–Crippen LogP) is 3.77. The molecule has 1 aliphatic heterocycles. The third-order valence-electron chi connectivity index (χ3n) is 4.26. The molecular weight excluding hydrogens is 316 g/mol. The molecule has 0 radical (unpaired) electrons. The van der Waals surface area contributed by atoms with Gasteiger partial charge in [0.05, 0.1) is 12.2 Å². The fourth-order valence-corrected chi connectivity index (χ4v) is 3.01. The van der Waals surface area contributed by atoms with Crippen LogP contribution in [0.4, 0.5) is 11.4 Å². The molecule has 130 valence electrons. The van der Waals surface area contributed by atoms with Gasteiger partial charge in [-0.2, -0.15) is 0 Å². The number of amides is 2. The summed E-state index contributed by atoms with van der Waals surface area (Å²) in [6, 6.07) is 12.8. The lowest BCUT2D eigenvalue weighted by molar-refractivity contribution is -0.117. The Bertz CT molecular complexity index is 801. The van der Waals surface area contributed by atoms with Crippen molar-refractivity contribution in [2.75, 3.05) is 23.4 Å². The van der Waals surface area contributed by atoms with Gasteiger partial charge < -0.3 is 15.0 Å². The van der Waals surface area contributed by atoms with E-state index in [0.717, 1.165) is 24.2 Å². The predicted molar refractivity (Wildman–Crippen MR) is 98.3 cm³/mol. The maximum atomic E-state index is 12.6. The zero-order valence-electron chi connectivity index (χ0n) is 14.5. The summed E-state index contributed by atoms with van der Waals surface area (Å²) >= 11 is 0. The van der Waals surface area contributed by atoms with Gasteiger partial charge in [-0.1, -0.05) is 18.2 Å². The summed E-state index contributed by atoms with van der Waals surface area (Å²) < 4.78 is 5.52. The largest absolute Gasteiger partial charge is 0.493 e. The molecule has 1 saturated heterocycles. The smallest absolute Gasteiger partial charge is 0.259 e. The van der Waals surface area contributed by atoms with E-state index in [1.54, 1.807) is 23.1 Å². The zero-order chi connectivity index (χ0) is 17.8. The van der Waals surface area contributed by atoms with Crippen LogP contribution in [0.3, 0.4) is 0 Å². The fraction of sp³-hybridized carbons (Fsp3) is 0.300. The highest BCUT2D eigenvalue weighted by atomic mass is 16.5. The number of nitrogens with zero attached hydrogens (tertiary/aromatic N) is 1. The number of hydrogen-bond donors (Lipinski definition) is 1. The van der Waals surface area contributed by atoms with Gasteiger partial charge in [0.15, 0.2) is 0 Å². The molecule has 0 aromatic heterocycles. The number of aryl methyl sites for hydroxylation is 1. The SMILES string of the molecule is CCOc1ccccc1C(=O)Nc1ccc(C)c(N2CCCC2=O)c1. The highest BCUT2D eigenvalue weighted by molar-refractivity contribution is 6.06. The van der Waals surface area contributed by atoms with Crippen molar-refractivity contribution in [1.82, 2.24) is 0 Å². The van der Waals surface area contributed by atoms with E-state index in [1.807, 2.05) is 38.1 Å². The molecule has 5 nitrogen and oxygen atoms in total. The minimum atomic E-state index is -0.230. The molecule has 0 atom stereocenters. The Labute approximate surface area is 147 Å². The minimum Gasteiger partial charge on any atom is -0.493 e. The molecule has 1 N–H and O–H groups in total. The van der Waals surface area contributed by atoms with E-state index in [9.17, 15) is 9.59 Å². The molecule has 0 bridgehead atoms. The average Bonchev–Trinajstić information content (AvgIpc) is 3.03. The number of rotatable bonds is 5. The number of nitrogens with one attached hydrogen (secondary N) is 1. The topological polar surface area (TPSA) is 58.6 Å². The average molecular weight is 338 g/mol. The highest BCUT2D eigenvalue weighted by Gasteiger charge is 2.23. The van der Waals surface area contributed by atoms with Crippen LogP contribution < -0.4 is 15.0 Å². The quantitative estimate of drug-likeness (QED) is 0.903. The van der Waals surface area contributed by atoms with Gasteiger partial charge in [-0.15, -0.1) is 0 Å². The van der Waals surface area contributed by atoms with Crippen molar-refractivity contribution in [1.29, 1.82) is 0 Å². The monoisotopic (exact) mass is 338 g/mol. The number of carbonyl (C=O) groups is 2. The summed E-state index contributed by atoms with van der Waals surface area (Å²) in [5, 5.41) is 2.91. The minimum absolute atomic E-state index is 0.133. The van der Waals surface area contributed by atoms with E-state index < -0.39 is 0 Å². The van der Waals surface area contributed by atoms with Crippen molar-refractivity contribution in [2.45, 2.75) is 26.7 Å². The summed E-state index contributed by atoms with van der Waals surface area (Å²) in [7, 11) is 0. The Balaban J connectivity index is 1.84. The van der Waals surface area contributed by atoms with Crippen LogP contribution in [0.15, 0.2) is 42.5 Å². The van der Waals surface area contributed by atoms with Gasteiger partial charge in [0, 0.05) is 24.3 Å². The molecule has 0 aliphatic carbocycles. The molecule has 0 saturated carbocycles. The van der Waals surface area contributed by atoms with E-state index in [1.165, 1.54) is 0 Å². The van der Waals surface area contributed by atoms with Gasteiger partial charge in [0.25, 0.3) is 5.91 Å². The molecule has 2 aromatic carbocycles. The lowest BCUT2D eigenvalue weighted by atomic mass is 10.1. The maximum Gasteiger partial charge on any atom is 0.259 e. The maximum absolute atomic E-state index is 12.6. The Kier molecular flexibility index (Phi) is 5.03. The molecule has 0 unspecified atom stereocenters. The molecular formula is C20H22N2O3. The molecule has 1 heterocycles. The van der Waals surface area contributed by atoms with Gasteiger partial charge in [-0.05, 0) is 50.1 Å². The third-order valence-corrected chi connectivity index (χ3v) is 4.26. The number of carbonyl (C=O) groups excluding carboxylic acids is 2. The van der Waals surface area contributed by atoms with Crippen molar-refractivity contribution in [3.8, 4) is 5.75 Å². The van der Waals surface area contributed by atoms with Crippen LogP contribution in [0.5, 0.6) is 5.75 Å². The van der Waals surface area contributed by atoms with Crippen molar-refractivity contribution in [3.63, 3.8) is 0 Å². The lowest BCUT2D eigenvalue weighted by Gasteiger charge is -2.19. The molecule has 1 aliphatic rings. The molecule has 5 heteroatoms. The number of para-hydroxylation sites is 1. The summed E-state index contributed by atoms with van der Waals surface area (Å²) in [6.07, 6.45) is 1.45. The summed E-state index contributed by atoms with van der Waals surface area (Å²) in [5.41, 5.74) is 3.03. The van der Waals surface area contributed by atoms with Crippen LogP contribution in [0.1, 0.15) is 35.7 Å². The van der Waals surface area contributed by atoms with Crippen LogP contribution in [-0.4, -0.2) is 25.0 Å². The zero-order valence-corrected chi connectivity index (χ0v) is 14.5. The van der Waals surface area contributed by atoms with Crippen LogP contribution in [0.25, 0.3) is 0 Å². The second kappa shape index (κ2) is 7.38. The Hall–Kier alpha value is -2.82. The molecule has 0 spiro atoms. The first-order valence-corrected chi connectivity index (χ1v) is 8.54. The molecule has 2 amide bonds. The number of benzene rings is 2. The van der Waals surface area contributed by atoms with E-state index >= 15 is 0 Å². The van der Waals surface area contributed by atoms with Gasteiger partial charge in [-0.25, -0.2) is 0 Å². The van der Waals surface area contributed by atoms with Crippen LogP contribution in [0.2, 0.25) is 0 Å². The van der Waals surface area contributed by atoms with Gasteiger partial charge in [0.1, 0.15) is 5.75 Å². The van der Waals surface area contributed by atoms with Crippen molar-refractivity contribution < 1.29 is 14.3 Å².